The molecular formula is C17H19ClN2O4. The maximum absolute atomic E-state index is 12.3. The lowest BCUT2D eigenvalue weighted by Gasteiger charge is -2.22. The van der Waals surface area contributed by atoms with Gasteiger partial charge in [0, 0.05) is 7.05 Å². The Balaban J connectivity index is 1.79. The summed E-state index contributed by atoms with van der Waals surface area (Å²) in [7, 11) is 1.65. The van der Waals surface area contributed by atoms with E-state index in [9.17, 15) is 9.59 Å². The summed E-state index contributed by atoms with van der Waals surface area (Å²) >= 11 is 6.00. The fraction of sp³-hybridized carbons (Fsp3) is 0.294. The molecule has 0 radical (unpaired) electrons. The van der Waals surface area contributed by atoms with Crippen molar-refractivity contribution in [1.82, 2.24) is 10.2 Å². The summed E-state index contributed by atoms with van der Waals surface area (Å²) in [6.07, 6.45) is 2.73. The molecule has 1 aromatic carbocycles. The van der Waals surface area contributed by atoms with Gasteiger partial charge >= 0.3 is 0 Å². The third-order valence-electron chi connectivity index (χ3n) is 3.40. The van der Waals surface area contributed by atoms with Crippen molar-refractivity contribution in [1.29, 1.82) is 0 Å². The number of halogens is 1. The van der Waals surface area contributed by atoms with Crippen molar-refractivity contribution in [3.05, 3.63) is 53.4 Å². The van der Waals surface area contributed by atoms with Crippen molar-refractivity contribution in [3.63, 3.8) is 0 Å². The van der Waals surface area contributed by atoms with E-state index in [1.54, 1.807) is 26.1 Å². The van der Waals surface area contributed by atoms with E-state index in [1.165, 1.54) is 23.5 Å². The number of ether oxygens (including phenoxy) is 1. The number of hydrogen-bond donors (Lipinski definition) is 1. The second-order valence-electron chi connectivity index (χ2n) is 5.25. The van der Waals surface area contributed by atoms with E-state index in [1.807, 2.05) is 12.1 Å². The fourth-order valence-corrected chi connectivity index (χ4v) is 2.22. The predicted octanol–water partition coefficient (Wildman–Crippen LogP) is 2.59. The second kappa shape index (κ2) is 8.40. The first-order chi connectivity index (χ1) is 11.5. The van der Waals surface area contributed by atoms with E-state index in [0.29, 0.717) is 29.5 Å². The number of benzene rings is 1. The average molecular weight is 351 g/mol. The first-order valence-electron chi connectivity index (χ1n) is 7.44. The molecule has 1 aromatic heterocycles. The Hall–Kier alpha value is -2.47. The Labute approximate surface area is 145 Å². The normalized spacial score (nSPS) is 11.6. The van der Waals surface area contributed by atoms with Gasteiger partial charge in [-0.15, -0.1) is 0 Å². The lowest BCUT2D eigenvalue weighted by molar-refractivity contribution is -0.131. The van der Waals surface area contributed by atoms with Gasteiger partial charge in [0.05, 0.1) is 23.4 Å². The van der Waals surface area contributed by atoms with Gasteiger partial charge in [-0.25, -0.2) is 0 Å². The van der Waals surface area contributed by atoms with Gasteiger partial charge in [0.15, 0.2) is 0 Å². The molecule has 0 aliphatic rings. The largest absolute Gasteiger partial charge is 0.490 e. The molecular weight excluding hydrogens is 332 g/mol. The summed E-state index contributed by atoms with van der Waals surface area (Å²) in [5, 5.41) is 3.15. The molecule has 0 aliphatic heterocycles. The van der Waals surface area contributed by atoms with Crippen LogP contribution in [0.25, 0.3) is 0 Å². The number of amides is 2. The van der Waals surface area contributed by atoms with Crippen molar-refractivity contribution in [2.45, 2.75) is 13.0 Å². The van der Waals surface area contributed by atoms with Gasteiger partial charge in [-0.05, 0) is 25.1 Å². The van der Waals surface area contributed by atoms with E-state index in [4.69, 9.17) is 20.8 Å². The molecule has 1 unspecified atom stereocenters. The minimum atomic E-state index is -0.655. The summed E-state index contributed by atoms with van der Waals surface area (Å²) in [6, 6.07) is 8.02. The number of hydrogen-bond acceptors (Lipinski definition) is 4. The zero-order valence-corrected chi connectivity index (χ0v) is 14.2. The standard InChI is InChI=1S/C17H19ClN2O4/c1-12(19-16(21)13-7-9-23-11-13)17(22)20(2)8-10-24-15-6-4-3-5-14(15)18/h3-7,9,11-12H,8,10H2,1-2H3,(H,19,21). The summed E-state index contributed by atoms with van der Waals surface area (Å²) in [5.41, 5.74) is 0.374. The Morgan fingerprint density at radius 2 is 2.08 bits per heavy atom. The fourth-order valence-electron chi connectivity index (χ4n) is 2.03. The van der Waals surface area contributed by atoms with Crippen LogP contribution in [-0.2, 0) is 4.79 Å². The highest BCUT2D eigenvalue weighted by Gasteiger charge is 2.20. The summed E-state index contributed by atoms with van der Waals surface area (Å²) < 4.78 is 10.4. The van der Waals surface area contributed by atoms with Crippen LogP contribution < -0.4 is 10.1 Å². The maximum Gasteiger partial charge on any atom is 0.255 e. The second-order valence-corrected chi connectivity index (χ2v) is 5.65. The van der Waals surface area contributed by atoms with Gasteiger partial charge in [-0.3, -0.25) is 9.59 Å². The molecule has 7 heteroatoms. The molecule has 0 fully saturated rings. The van der Waals surface area contributed by atoms with Crippen molar-refractivity contribution in [2.75, 3.05) is 20.2 Å². The molecule has 1 heterocycles. The average Bonchev–Trinajstić information content (AvgIpc) is 3.10. The molecule has 1 atom stereocenters. The van der Waals surface area contributed by atoms with Crippen LogP contribution in [0.4, 0.5) is 0 Å². The Morgan fingerprint density at radius 1 is 1.33 bits per heavy atom. The lowest BCUT2D eigenvalue weighted by Crippen LogP contribution is -2.46. The third-order valence-corrected chi connectivity index (χ3v) is 3.71. The number of furan rings is 1. The van der Waals surface area contributed by atoms with Gasteiger partial charge in [-0.2, -0.15) is 0 Å². The van der Waals surface area contributed by atoms with Gasteiger partial charge < -0.3 is 19.4 Å². The van der Waals surface area contributed by atoms with Crippen molar-refractivity contribution in [3.8, 4) is 5.75 Å². The number of likely N-dealkylation sites (N-methyl/N-ethyl adjacent to an activating group) is 1. The van der Waals surface area contributed by atoms with E-state index in [2.05, 4.69) is 5.32 Å². The predicted molar refractivity (Wildman–Crippen MR) is 90.2 cm³/mol. The minimum Gasteiger partial charge on any atom is -0.490 e. The van der Waals surface area contributed by atoms with E-state index in [-0.39, 0.29) is 11.8 Å². The van der Waals surface area contributed by atoms with E-state index < -0.39 is 6.04 Å². The number of carbonyl (C=O) groups excluding carboxylic acids is 2. The summed E-state index contributed by atoms with van der Waals surface area (Å²) in [5.74, 6) is 0.00115. The third kappa shape index (κ3) is 4.76. The van der Waals surface area contributed by atoms with E-state index in [0.717, 1.165) is 0 Å². The summed E-state index contributed by atoms with van der Waals surface area (Å²) in [6.45, 7) is 2.30. The van der Waals surface area contributed by atoms with Crippen LogP contribution in [0.1, 0.15) is 17.3 Å². The first kappa shape index (κ1) is 17.9. The quantitative estimate of drug-likeness (QED) is 0.833. The molecule has 2 rings (SSSR count). The Bertz CT molecular complexity index is 688. The van der Waals surface area contributed by atoms with Crippen LogP contribution in [0.5, 0.6) is 5.75 Å². The molecule has 0 spiro atoms. The maximum atomic E-state index is 12.3. The van der Waals surface area contributed by atoms with Crippen LogP contribution in [-0.4, -0.2) is 43.0 Å². The first-order valence-corrected chi connectivity index (χ1v) is 7.82. The highest BCUT2D eigenvalue weighted by Crippen LogP contribution is 2.22. The summed E-state index contributed by atoms with van der Waals surface area (Å²) in [4.78, 5) is 25.7. The monoisotopic (exact) mass is 350 g/mol. The number of carbonyl (C=O) groups is 2. The zero-order valence-electron chi connectivity index (χ0n) is 13.5. The number of rotatable bonds is 7. The Morgan fingerprint density at radius 3 is 2.75 bits per heavy atom. The number of nitrogens with zero attached hydrogens (tertiary/aromatic N) is 1. The smallest absolute Gasteiger partial charge is 0.255 e. The lowest BCUT2D eigenvalue weighted by atomic mass is 10.2. The van der Waals surface area contributed by atoms with Gasteiger partial charge in [-0.1, -0.05) is 23.7 Å². The van der Waals surface area contributed by atoms with Crippen LogP contribution >= 0.6 is 11.6 Å². The van der Waals surface area contributed by atoms with Crippen LogP contribution in [0.3, 0.4) is 0 Å². The topological polar surface area (TPSA) is 71.8 Å². The van der Waals surface area contributed by atoms with Crippen LogP contribution in [0, 0.1) is 0 Å². The molecule has 2 aromatic rings. The van der Waals surface area contributed by atoms with Gasteiger partial charge in [0.25, 0.3) is 5.91 Å². The molecule has 0 aliphatic carbocycles. The van der Waals surface area contributed by atoms with E-state index >= 15 is 0 Å². The molecule has 2 amide bonds. The molecule has 0 saturated carbocycles. The molecule has 24 heavy (non-hydrogen) atoms. The minimum absolute atomic E-state index is 0.213. The molecule has 0 bridgehead atoms. The Kier molecular flexibility index (Phi) is 6.26. The van der Waals surface area contributed by atoms with Crippen LogP contribution in [0.2, 0.25) is 5.02 Å². The molecule has 128 valence electrons. The van der Waals surface area contributed by atoms with Gasteiger partial charge in [0.1, 0.15) is 24.7 Å². The SMILES string of the molecule is CC(NC(=O)c1ccoc1)C(=O)N(C)CCOc1ccccc1Cl. The van der Waals surface area contributed by atoms with Crippen molar-refractivity contribution in [2.24, 2.45) is 0 Å². The highest BCUT2D eigenvalue weighted by atomic mass is 35.5. The van der Waals surface area contributed by atoms with Crippen molar-refractivity contribution >= 4 is 23.4 Å². The molecule has 0 saturated heterocycles. The van der Waals surface area contributed by atoms with Crippen molar-refractivity contribution < 1.29 is 18.7 Å². The number of para-hydroxylation sites is 1. The molecule has 1 N–H and O–H groups in total. The van der Waals surface area contributed by atoms with Gasteiger partial charge in [0.2, 0.25) is 5.91 Å². The number of nitrogens with one attached hydrogen (secondary N) is 1. The highest BCUT2D eigenvalue weighted by molar-refractivity contribution is 6.32. The zero-order chi connectivity index (χ0) is 17.5. The molecule has 6 nitrogen and oxygen atoms in total. The van der Waals surface area contributed by atoms with Crippen LogP contribution in [0.15, 0.2) is 47.3 Å².